The van der Waals surface area contributed by atoms with E-state index in [1.165, 1.54) is 0 Å². The lowest BCUT2D eigenvalue weighted by Crippen LogP contribution is -2.14. The Kier molecular flexibility index (Phi) is 4.63. The standard InChI is InChI=1S/C18H20O3/c1-12(2)20-17-8-6-5-7-15(17)18(19)21-16-10-9-13(3)11-14(16)4/h5-12H,1-4H3. The average molecular weight is 284 g/mol. The Labute approximate surface area is 125 Å². The number of ether oxygens (including phenoxy) is 2. The Bertz CT molecular complexity index is 645. The van der Waals surface area contributed by atoms with E-state index < -0.39 is 5.97 Å². The Balaban J connectivity index is 2.24. The van der Waals surface area contributed by atoms with E-state index in [4.69, 9.17) is 9.47 Å². The van der Waals surface area contributed by atoms with Gasteiger partial charge in [0.25, 0.3) is 0 Å². The van der Waals surface area contributed by atoms with Crippen LogP contribution in [0.3, 0.4) is 0 Å². The average Bonchev–Trinajstić information content (AvgIpc) is 2.42. The SMILES string of the molecule is Cc1ccc(OC(=O)c2ccccc2OC(C)C)c(C)c1. The molecule has 0 saturated heterocycles. The zero-order valence-electron chi connectivity index (χ0n) is 12.8. The summed E-state index contributed by atoms with van der Waals surface area (Å²) in [5.74, 6) is 0.713. The van der Waals surface area contributed by atoms with Gasteiger partial charge in [0.1, 0.15) is 17.1 Å². The quantitative estimate of drug-likeness (QED) is 0.620. The van der Waals surface area contributed by atoms with E-state index in [0.717, 1.165) is 11.1 Å². The van der Waals surface area contributed by atoms with E-state index in [1.807, 2.05) is 52.0 Å². The fraction of sp³-hybridized carbons (Fsp3) is 0.278. The summed E-state index contributed by atoms with van der Waals surface area (Å²) < 4.78 is 11.1. The van der Waals surface area contributed by atoms with Crippen molar-refractivity contribution in [1.29, 1.82) is 0 Å². The maximum Gasteiger partial charge on any atom is 0.347 e. The molecule has 0 atom stereocenters. The van der Waals surface area contributed by atoms with Gasteiger partial charge >= 0.3 is 5.97 Å². The molecule has 110 valence electrons. The van der Waals surface area contributed by atoms with E-state index in [1.54, 1.807) is 18.2 Å². The van der Waals surface area contributed by atoms with Gasteiger partial charge in [-0.05, 0) is 51.5 Å². The van der Waals surface area contributed by atoms with E-state index in [9.17, 15) is 4.79 Å². The number of benzene rings is 2. The molecule has 3 heteroatoms. The lowest BCUT2D eigenvalue weighted by Gasteiger charge is -2.14. The first-order valence-corrected chi connectivity index (χ1v) is 7.02. The molecule has 0 unspecified atom stereocenters. The van der Waals surface area contributed by atoms with Crippen molar-refractivity contribution in [2.45, 2.75) is 33.8 Å². The first-order chi connectivity index (χ1) is 9.97. The van der Waals surface area contributed by atoms with Crippen LogP contribution in [0.1, 0.15) is 35.3 Å². The van der Waals surface area contributed by atoms with Crippen molar-refractivity contribution in [2.75, 3.05) is 0 Å². The summed E-state index contributed by atoms with van der Waals surface area (Å²) in [5, 5.41) is 0. The summed E-state index contributed by atoms with van der Waals surface area (Å²) >= 11 is 0. The third-order valence-electron chi connectivity index (χ3n) is 3.00. The van der Waals surface area contributed by atoms with Crippen LogP contribution in [-0.2, 0) is 0 Å². The Morgan fingerprint density at radius 2 is 1.71 bits per heavy atom. The summed E-state index contributed by atoms with van der Waals surface area (Å²) in [6.07, 6.45) is 0.0000565. The predicted octanol–water partition coefficient (Wildman–Crippen LogP) is 4.31. The van der Waals surface area contributed by atoms with Gasteiger partial charge in [-0.15, -0.1) is 0 Å². The van der Waals surface area contributed by atoms with E-state index in [-0.39, 0.29) is 6.10 Å². The van der Waals surface area contributed by atoms with Gasteiger partial charge in [-0.1, -0.05) is 29.8 Å². The van der Waals surface area contributed by atoms with Crippen LogP contribution in [0.25, 0.3) is 0 Å². The number of aryl methyl sites for hydroxylation is 2. The molecule has 0 heterocycles. The Morgan fingerprint density at radius 3 is 2.38 bits per heavy atom. The number of carbonyl (C=O) groups is 1. The van der Waals surface area contributed by atoms with E-state index in [2.05, 4.69) is 0 Å². The highest BCUT2D eigenvalue weighted by molar-refractivity contribution is 5.94. The third kappa shape index (κ3) is 3.85. The normalized spacial score (nSPS) is 10.5. The molecule has 0 aliphatic heterocycles. The van der Waals surface area contributed by atoms with Crippen molar-refractivity contribution in [2.24, 2.45) is 0 Å². The van der Waals surface area contributed by atoms with Crippen LogP contribution in [0.15, 0.2) is 42.5 Å². The molecule has 0 radical (unpaired) electrons. The largest absolute Gasteiger partial charge is 0.490 e. The number of rotatable bonds is 4. The summed E-state index contributed by atoms with van der Waals surface area (Å²) in [6, 6.07) is 12.8. The minimum Gasteiger partial charge on any atom is -0.490 e. The van der Waals surface area contributed by atoms with Crippen molar-refractivity contribution in [3.63, 3.8) is 0 Å². The molecule has 0 fully saturated rings. The molecule has 2 aromatic carbocycles. The molecule has 0 bridgehead atoms. The fourth-order valence-electron chi connectivity index (χ4n) is 2.06. The molecule has 0 saturated carbocycles. The van der Waals surface area contributed by atoms with Crippen molar-refractivity contribution < 1.29 is 14.3 Å². The highest BCUT2D eigenvalue weighted by Gasteiger charge is 2.16. The number of carbonyl (C=O) groups excluding carboxylic acids is 1. The molecule has 0 aliphatic rings. The van der Waals surface area contributed by atoms with Crippen LogP contribution in [-0.4, -0.2) is 12.1 Å². The number of hydrogen-bond acceptors (Lipinski definition) is 3. The van der Waals surface area contributed by atoms with Crippen molar-refractivity contribution >= 4 is 5.97 Å². The highest BCUT2D eigenvalue weighted by atomic mass is 16.5. The predicted molar refractivity (Wildman–Crippen MR) is 83.1 cm³/mol. The fourth-order valence-corrected chi connectivity index (χ4v) is 2.06. The minimum absolute atomic E-state index is 0.0000565. The van der Waals surface area contributed by atoms with Gasteiger partial charge in [0.05, 0.1) is 6.10 Å². The lowest BCUT2D eigenvalue weighted by molar-refractivity contribution is 0.0727. The van der Waals surface area contributed by atoms with E-state index in [0.29, 0.717) is 17.1 Å². The van der Waals surface area contributed by atoms with Crippen molar-refractivity contribution in [3.8, 4) is 11.5 Å². The maximum atomic E-state index is 12.4. The summed E-state index contributed by atoms with van der Waals surface area (Å²) in [5.41, 5.74) is 2.51. The summed E-state index contributed by atoms with van der Waals surface area (Å²) in [7, 11) is 0. The van der Waals surface area contributed by atoms with Crippen LogP contribution in [0.5, 0.6) is 11.5 Å². The van der Waals surface area contributed by atoms with E-state index >= 15 is 0 Å². The van der Waals surface area contributed by atoms with Gasteiger partial charge in [0.15, 0.2) is 0 Å². The van der Waals surface area contributed by atoms with Crippen LogP contribution in [0.4, 0.5) is 0 Å². The first kappa shape index (κ1) is 15.1. The van der Waals surface area contributed by atoms with Gasteiger partial charge < -0.3 is 9.47 Å². The van der Waals surface area contributed by atoms with Crippen molar-refractivity contribution in [3.05, 3.63) is 59.2 Å². The molecule has 0 N–H and O–H groups in total. The topological polar surface area (TPSA) is 35.5 Å². The summed E-state index contributed by atoms with van der Waals surface area (Å²) in [6.45, 7) is 7.77. The highest BCUT2D eigenvalue weighted by Crippen LogP contribution is 2.24. The Hall–Kier alpha value is -2.29. The molecule has 0 aliphatic carbocycles. The molecule has 0 aromatic heterocycles. The minimum atomic E-state index is -0.404. The zero-order chi connectivity index (χ0) is 15.4. The number of hydrogen-bond donors (Lipinski definition) is 0. The summed E-state index contributed by atoms with van der Waals surface area (Å²) in [4.78, 5) is 12.4. The lowest BCUT2D eigenvalue weighted by atomic mass is 10.1. The Morgan fingerprint density at radius 1 is 1.00 bits per heavy atom. The smallest absolute Gasteiger partial charge is 0.347 e. The molecule has 0 spiro atoms. The van der Waals surface area contributed by atoms with Crippen LogP contribution < -0.4 is 9.47 Å². The van der Waals surface area contributed by atoms with Crippen molar-refractivity contribution in [1.82, 2.24) is 0 Å². The van der Waals surface area contributed by atoms with Crippen LogP contribution in [0, 0.1) is 13.8 Å². The molecular formula is C18H20O3. The van der Waals surface area contributed by atoms with Crippen LogP contribution in [0.2, 0.25) is 0 Å². The van der Waals surface area contributed by atoms with Gasteiger partial charge in [-0.25, -0.2) is 4.79 Å². The second-order valence-corrected chi connectivity index (χ2v) is 5.32. The van der Waals surface area contributed by atoms with Gasteiger partial charge in [-0.3, -0.25) is 0 Å². The monoisotopic (exact) mass is 284 g/mol. The molecule has 2 aromatic rings. The number of para-hydroxylation sites is 1. The molecule has 0 amide bonds. The molecular weight excluding hydrogens is 264 g/mol. The van der Waals surface area contributed by atoms with Gasteiger partial charge in [0, 0.05) is 0 Å². The number of esters is 1. The van der Waals surface area contributed by atoms with Gasteiger partial charge in [0.2, 0.25) is 0 Å². The van der Waals surface area contributed by atoms with Gasteiger partial charge in [-0.2, -0.15) is 0 Å². The van der Waals surface area contributed by atoms with Crippen LogP contribution >= 0.6 is 0 Å². The second-order valence-electron chi connectivity index (χ2n) is 5.32. The zero-order valence-corrected chi connectivity index (χ0v) is 12.8. The third-order valence-corrected chi connectivity index (χ3v) is 3.00. The molecule has 21 heavy (non-hydrogen) atoms. The molecule has 3 nitrogen and oxygen atoms in total. The maximum absolute atomic E-state index is 12.4. The first-order valence-electron chi connectivity index (χ1n) is 7.02. The molecule has 2 rings (SSSR count). The second kappa shape index (κ2) is 6.44.